The Morgan fingerprint density at radius 1 is 1.58 bits per heavy atom. The van der Waals surface area contributed by atoms with Crippen LogP contribution in [-0.4, -0.2) is 23.4 Å². The molecule has 4 heteroatoms. The second kappa shape index (κ2) is 5.97. The van der Waals surface area contributed by atoms with Gasteiger partial charge in [0.1, 0.15) is 6.10 Å². The van der Waals surface area contributed by atoms with Crippen LogP contribution in [0.1, 0.15) is 33.6 Å². The smallest absolute Gasteiger partial charge is 0.302 e. The van der Waals surface area contributed by atoms with E-state index >= 15 is 0 Å². The van der Waals surface area contributed by atoms with E-state index in [0.29, 0.717) is 6.42 Å². The predicted molar refractivity (Wildman–Crippen MR) is 43.6 cm³/mol. The highest BCUT2D eigenvalue weighted by Crippen LogP contribution is 2.08. The molecule has 0 aromatic heterocycles. The number of hydrogen-bond donors (Lipinski definition) is 1. The minimum atomic E-state index is -0.299. The van der Waals surface area contributed by atoms with Crippen LogP contribution in [0, 0.1) is 0 Å². The molecule has 0 amide bonds. The molecule has 1 N–H and O–H groups in total. The summed E-state index contributed by atoms with van der Waals surface area (Å²) in [5.41, 5.74) is 0. The minimum Gasteiger partial charge on any atom is -0.462 e. The van der Waals surface area contributed by atoms with Gasteiger partial charge in [-0.2, -0.15) is 0 Å². The molecule has 0 spiro atoms. The molecule has 0 bridgehead atoms. The molecule has 0 saturated carbocycles. The van der Waals surface area contributed by atoms with Crippen molar-refractivity contribution in [3.8, 4) is 0 Å². The minimum absolute atomic E-state index is 0.162. The highest BCUT2D eigenvalue weighted by atomic mass is 17.1. The molecule has 2 unspecified atom stereocenters. The van der Waals surface area contributed by atoms with Gasteiger partial charge < -0.3 is 4.74 Å². The first-order valence-electron chi connectivity index (χ1n) is 4.07. The third-order valence-electron chi connectivity index (χ3n) is 1.56. The van der Waals surface area contributed by atoms with Crippen molar-refractivity contribution in [3.63, 3.8) is 0 Å². The summed E-state index contributed by atoms with van der Waals surface area (Å²) < 4.78 is 4.94. The molecule has 0 heterocycles. The molecule has 0 fully saturated rings. The van der Waals surface area contributed by atoms with Crippen LogP contribution in [0.15, 0.2) is 0 Å². The largest absolute Gasteiger partial charge is 0.462 e. The van der Waals surface area contributed by atoms with E-state index in [0.717, 1.165) is 6.42 Å². The van der Waals surface area contributed by atoms with Crippen molar-refractivity contribution in [3.05, 3.63) is 0 Å². The third kappa shape index (κ3) is 5.09. The van der Waals surface area contributed by atoms with E-state index in [2.05, 4.69) is 4.89 Å². The van der Waals surface area contributed by atoms with Gasteiger partial charge in [-0.1, -0.05) is 6.92 Å². The van der Waals surface area contributed by atoms with Gasteiger partial charge in [-0.05, 0) is 13.3 Å². The van der Waals surface area contributed by atoms with Crippen molar-refractivity contribution >= 4 is 5.97 Å². The van der Waals surface area contributed by atoms with E-state index in [1.807, 2.05) is 6.92 Å². The molecule has 0 rings (SSSR count). The molecule has 0 aliphatic heterocycles. The Morgan fingerprint density at radius 3 is 2.50 bits per heavy atom. The highest BCUT2D eigenvalue weighted by Gasteiger charge is 2.14. The molecule has 0 aromatic carbocycles. The maximum Gasteiger partial charge on any atom is 0.302 e. The summed E-state index contributed by atoms with van der Waals surface area (Å²) in [4.78, 5) is 14.6. The van der Waals surface area contributed by atoms with Crippen LogP contribution in [0.2, 0.25) is 0 Å². The number of esters is 1. The normalized spacial score (nSPS) is 15.3. The Kier molecular flexibility index (Phi) is 5.66. The molecule has 4 nitrogen and oxygen atoms in total. The standard InChI is InChI=1S/C8H16O4/c1-4-8(11-7(3)9)5-6(2)12-10/h6,8,10H,4-5H2,1-3H3. The van der Waals surface area contributed by atoms with Crippen LogP contribution in [-0.2, 0) is 14.4 Å². The topological polar surface area (TPSA) is 55.8 Å². The lowest BCUT2D eigenvalue weighted by atomic mass is 10.1. The first kappa shape index (κ1) is 11.4. The van der Waals surface area contributed by atoms with Crippen molar-refractivity contribution in [2.45, 2.75) is 45.8 Å². The molecular formula is C8H16O4. The van der Waals surface area contributed by atoms with E-state index in [1.165, 1.54) is 6.92 Å². The van der Waals surface area contributed by atoms with E-state index in [9.17, 15) is 4.79 Å². The molecule has 0 radical (unpaired) electrons. The van der Waals surface area contributed by atoms with Gasteiger partial charge in [0.25, 0.3) is 0 Å². The molecule has 0 saturated heterocycles. The Labute approximate surface area is 72.4 Å². The molecular weight excluding hydrogens is 160 g/mol. The lowest BCUT2D eigenvalue weighted by Gasteiger charge is -2.17. The zero-order valence-electron chi connectivity index (χ0n) is 7.74. The Hall–Kier alpha value is -0.610. The fourth-order valence-electron chi connectivity index (χ4n) is 0.946. The highest BCUT2D eigenvalue weighted by molar-refractivity contribution is 5.66. The molecule has 2 atom stereocenters. The van der Waals surface area contributed by atoms with Gasteiger partial charge in [-0.3, -0.25) is 10.1 Å². The van der Waals surface area contributed by atoms with Gasteiger partial charge in [0.05, 0.1) is 6.10 Å². The number of ether oxygens (including phenoxy) is 1. The molecule has 12 heavy (non-hydrogen) atoms. The average molecular weight is 176 g/mol. The number of rotatable bonds is 5. The van der Waals surface area contributed by atoms with Crippen molar-refractivity contribution in [2.75, 3.05) is 0 Å². The summed E-state index contributed by atoms with van der Waals surface area (Å²) >= 11 is 0. The van der Waals surface area contributed by atoms with Gasteiger partial charge in [-0.25, -0.2) is 4.89 Å². The lowest BCUT2D eigenvalue weighted by molar-refractivity contribution is -0.278. The predicted octanol–water partition coefficient (Wildman–Crippen LogP) is 1.60. The van der Waals surface area contributed by atoms with Crippen LogP contribution in [0.25, 0.3) is 0 Å². The first-order valence-corrected chi connectivity index (χ1v) is 4.07. The second-order valence-electron chi connectivity index (χ2n) is 2.79. The van der Waals surface area contributed by atoms with E-state index in [1.54, 1.807) is 6.92 Å². The third-order valence-corrected chi connectivity index (χ3v) is 1.56. The number of hydrogen-bond acceptors (Lipinski definition) is 4. The van der Waals surface area contributed by atoms with Gasteiger partial charge >= 0.3 is 5.97 Å². The van der Waals surface area contributed by atoms with Gasteiger partial charge in [-0.15, -0.1) is 0 Å². The van der Waals surface area contributed by atoms with Crippen LogP contribution in [0.3, 0.4) is 0 Å². The molecule has 72 valence electrons. The summed E-state index contributed by atoms with van der Waals surface area (Å²) in [6.07, 6.45) is 0.791. The lowest BCUT2D eigenvalue weighted by Crippen LogP contribution is -2.21. The van der Waals surface area contributed by atoms with Gasteiger partial charge in [0.15, 0.2) is 0 Å². The first-order chi connectivity index (χ1) is 5.60. The molecule has 0 aromatic rings. The maximum absolute atomic E-state index is 10.6. The fourth-order valence-corrected chi connectivity index (χ4v) is 0.946. The Balaban J connectivity index is 3.74. The Morgan fingerprint density at radius 2 is 2.17 bits per heavy atom. The van der Waals surface area contributed by atoms with Gasteiger partial charge in [0.2, 0.25) is 0 Å². The summed E-state index contributed by atoms with van der Waals surface area (Å²) in [5, 5.41) is 8.27. The van der Waals surface area contributed by atoms with E-state index in [4.69, 9.17) is 9.99 Å². The van der Waals surface area contributed by atoms with Crippen molar-refractivity contribution in [1.29, 1.82) is 0 Å². The summed E-state index contributed by atoms with van der Waals surface area (Å²) in [7, 11) is 0. The zero-order chi connectivity index (χ0) is 9.56. The Bertz CT molecular complexity index is 135. The SMILES string of the molecule is CCC(CC(C)OO)OC(C)=O. The van der Waals surface area contributed by atoms with Crippen LogP contribution < -0.4 is 0 Å². The maximum atomic E-state index is 10.6. The molecule has 0 aliphatic rings. The number of carbonyl (C=O) groups is 1. The molecule has 0 aliphatic carbocycles. The summed E-state index contributed by atoms with van der Waals surface area (Å²) in [6.45, 7) is 5.00. The summed E-state index contributed by atoms with van der Waals surface area (Å²) in [5.74, 6) is -0.299. The van der Waals surface area contributed by atoms with Crippen molar-refractivity contribution < 1.29 is 19.7 Å². The number of carbonyl (C=O) groups excluding carboxylic acids is 1. The average Bonchev–Trinajstić information content (AvgIpc) is 2.02. The van der Waals surface area contributed by atoms with Crippen LogP contribution in [0.4, 0.5) is 0 Å². The van der Waals surface area contributed by atoms with Gasteiger partial charge in [0, 0.05) is 13.3 Å². The monoisotopic (exact) mass is 176 g/mol. The summed E-state index contributed by atoms with van der Waals surface area (Å²) in [6, 6.07) is 0. The van der Waals surface area contributed by atoms with Crippen molar-refractivity contribution in [1.82, 2.24) is 0 Å². The second-order valence-corrected chi connectivity index (χ2v) is 2.79. The van der Waals surface area contributed by atoms with Crippen LogP contribution in [0.5, 0.6) is 0 Å². The van der Waals surface area contributed by atoms with E-state index in [-0.39, 0.29) is 18.2 Å². The quantitative estimate of drug-likeness (QED) is 0.392. The van der Waals surface area contributed by atoms with Crippen LogP contribution >= 0.6 is 0 Å². The fraction of sp³-hybridized carbons (Fsp3) is 0.875. The van der Waals surface area contributed by atoms with E-state index < -0.39 is 0 Å². The zero-order valence-corrected chi connectivity index (χ0v) is 7.74. The van der Waals surface area contributed by atoms with Crippen molar-refractivity contribution in [2.24, 2.45) is 0 Å².